The third-order valence-corrected chi connectivity index (χ3v) is 4.85. The van der Waals surface area contributed by atoms with Crippen molar-refractivity contribution >= 4 is 17.8 Å². The van der Waals surface area contributed by atoms with Gasteiger partial charge in [-0.05, 0) is 38.0 Å². The molecule has 1 aliphatic heterocycles. The van der Waals surface area contributed by atoms with Gasteiger partial charge in [0.1, 0.15) is 6.61 Å². The van der Waals surface area contributed by atoms with E-state index >= 15 is 0 Å². The Kier molecular flexibility index (Phi) is 10.2. The highest BCUT2D eigenvalue weighted by molar-refractivity contribution is 5.86. The fraction of sp³-hybridized carbons (Fsp3) is 0.762. The Morgan fingerprint density at radius 2 is 2.04 bits per heavy atom. The Morgan fingerprint density at radius 1 is 1.32 bits per heavy atom. The molecule has 1 heterocycles. The highest BCUT2D eigenvalue weighted by atomic mass is 16.5. The molecule has 28 heavy (non-hydrogen) atoms. The lowest BCUT2D eigenvalue weighted by atomic mass is 9.86. The topological polar surface area (TPSA) is 105 Å². The molecular formula is C21H36N2O5. The van der Waals surface area contributed by atoms with E-state index in [4.69, 9.17) is 9.84 Å². The molecule has 0 aromatic rings. The van der Waals surface area contributed by atoms with Crippen LogP contribution in [0.2, 0.25) is 0 Å². The third-order valence-electron chi connectivity index (χ3n) is 4.85. The Balaban J connectivity index is 2.92. The number of allylic oxidation sites excluding steroid dienone is 2. The van der Waals surface area contributed by atoms with Gasteiger partial charge >= 0.3 is 5.97 Å². The molecular weight excluding hydrogens is 360 g/mol. The van der Waals surface area contributed by atoms with E-state index in [1.807, 2.05) is 32.9 Å². The molecule has 0 unspecified atom stereocenters. The maximum Gasteiger partial charge on any atom is 0.305 e. The number of hydrogen-bond donors (Lipinski definition) is 3. The standard InChI is InChI=1S/C21H36N2O5/c1-15(13-24)22-18(25)12-16-10-8-6-5-7-9-11-19(26)28-14-17(21(2,3)4)23-20(16)27/h6,8,15-17,24H,5,7,9-14H2,1-4H3,(H,22,25)(H,23,27)/t15-,16+,17+/m0/s1. The second-order valence-electron chi connectivity index (χ2n) is 8.62. The average Bonchev–Trinajstić information content (AvgIpc) is 2.61. The summed E-state index contributed by atoms with van der Waals surface area (Å²) in [6, 6.07) is -0.704. The van der Waals surface area contributed by atoms with E-state index in [0.717, 1.165) is 19.3 Å². The first-order chi connectivity index (χ1) is 13.1. The van der Waals surface area contributed by atoms with Gasteiger partial charge in [0, 0.05) is 18.9 Å². The molecule has 0 saturated carbocycles. The molecule has 0 bridgehead atoms. The van der Waals surface area contributed by atoms with Gasteiger partial charge in [-0.2, -0.15) is 0 Å². The average molecular weight is 397 g/mol. The Hall–Kier alpha value is -1.89. The van der Waals surface area contributed by atoms with Crippen LogP contribution in [0, 0.1) is 11.3 Å². The number of aliphatic hydroxyl groups excluding tert-OH is 1. The molecule has 7 heteroatoms. The van der Waals surface area contributed by atoms with Crippen LogP contribution < -0.4 is 10.6 Å². The molecule has 1 rings (SSSR count). The minimum atomic E-state index is -0.523. The number of carbonyl (C=O) groups excluding carboxylic acids is 3. The summed E-state index contributed by atoms with van der Waals surface area (Å²) in [7, 11) is 0. The fourth-order valence-electron chi connectivity index (χ4n) is 2.84. The zero-order valence-corrected chi connectivity index (χ0v) is 17.6. The van der Waals surface area contributed by atoms with Crippen molar-refractivity contribution in [3.63, 3.8) is 0 Å². The van der Waals surface area contributed by atoms with Crippen LogP contribution in [0.3, 0.4) is 0 Å². The third kappa shape index (κ3) is 9.35. The molecule has 0 fully saturated rings. The maximum atomic E-state index is 12.9. The highest BCUT2D eigenvalue weighted by Crippen LogP contribution is 2.22. The van der Waals surface area contributed by atoms with Gasteiger partial charge in [0.2, 0.25) is 11.8 Å². The van der Waals surface area contributed by atoms with Crippen LogP contribution in [-0.2, 0) is 19.1 Å². The normalized spacial score (nSPS) is 23.9. The van der Waals surface area contributed by atoms with Gasteiger partial charge in [0.25, 0.3) is 0 Å². The number of ether oxygens (including phenoxy) is 1. The summed E-state index contributed by atoms with van der Waals surface area (Å²) < 4.78 is 5.38. The van der Waals surface area contributed by atoms with Gasteiger partial charge < -0.3 is 20.5 Å². The first-order valence-electron chi connectivity index (χ1n) is 10.1. The van der Waals surface area contributed by atoms with Crippen molar-refractivity contribution in [3.05, 3.63) is 12.2 Å². The number of aliphatic hydroxyl groups is 1. The monoisotopic (exact) mass is 396 g/mol. The van der Waals surface area contributed by atoms with Crippen molar-refractivity contribution in [2.24, 2.45) is 11.3 Å². The van der Waals surface area contributed by atoms with E-state index in [2.05, 4.69) is 10.6 Å². The molecule has 2 amide bonds. The summed E-state index contributed by atoms with van der Waals surface area (Å²) in [6.07, 6.45) is 7.27. The van der Waals surface area contributed by atoms with Crippen LogP contribution in [0.1, 0.15) is 66.2 Å². The lowest BCUT2D eigenvalue weighted by Gasteiger charge is -2.32. The highest BCUT2D eigenvalue weighted by Gasteiger charge is 2.31. The van der Waals surface area contributed by atoms with Crippen LogP contribution in [0.4, 0.5) is 0 Å². The van der Waals surface area contributed by atoms with Gasteiger partial charge in [-0.15, -0.1) is 0 Å². The van der Waals surface area contributed by atoms with Gasteiger partial charge in [0.05, 0.1) is 18.6 Å². The number of esters is 1. The minimum Gasteiger partial charge on any atom is -0.463 e. The molecule has 160 valence electrons. The minimum absolute atomic E-state index is 0.0389. The van der Waals surface area contributed by atoms with Gasteiger partial charge in [-0.3, -0.25) is 14.4 Å². The van der Waals surface area contributed by atoms with Crippen molar-refractivity contribution in [3.8, 4) is 0 Å². The molecule has 0 aromatic heterocycles. The number of nitrogens with one attached hydrogen (secondary N) is 2. The van der Waals surface area contributed by atoms with Crippen LogP contribution >= 0.6 is 0 Å². The molecule has 7 nitrogen and oxygen atoms in total. The molecule has 3 N–H and O–H groups in total. The first kappa shape index (κ1) is 24.1. The van der Waals surface area contributed by atoms with Gasteiger partial charge in [-0.25, -0.2) is 0 Å². The molecule has 0 saturated heterocycles. The van der Waals surface area contributed by atoms with Crippen LogP contribution in [-0.4, -0.2) is 48.2 Å². The summed E-state index contributed by atoms with van der Waals surface area (Å²) >= 11 is 0. The summed E-state index contributed by atoms with van der Waals surface area (Å²) in [5, 5.41) is 14.8. The summed E-state index contributed by atoms with van der Waals surface area (Å²) in [6.45, 7) is 7.58. The number of hydrogen-bond acceptors (Lipinski definition) is 5. The Labute approximate surface area is 168 Å². The SMILES string of the molecule is C[C@@H](CO)NC(=O)C[C@H]1CC=CCCCCC(=O)OC[C@H](C(C)(C)C)NC1=O. The van der Waals surface area contributed by atoms with E-state index in [9.17, 15) is 14.4 Å². The second kappa shape index (κ2) is 11.8. The van der Waals surface area contributed by atoms with Crippen molar-refractivity contribution in [2.75, 3.05) is 13.2 Å². The fourth-order valence-corrected chi connectivity index (χ4v) is 2.84. The summed E-state index contributed by atoms with van der Waals surface area (Å²) in [4.78, 5) is 37.0. The van der Waals surface area contributed by atoms with Crippen LogP contribution in [0.15, 0.2) is 12.2 Å². The van der Waals surface area contributed by atoms with E-state index in [1.165, 1.54) is 0 Å². The maximum absolute atomic E-state index is 12.9. The quantitative estimate of drug-likeness (QED) is 0.498. The molecule has 0 radical (unpaired) electrons. The number of amides is 2. The lowest BCUT2D eigenvalue weighted by molar-refractivity contribution is -0.146. The smallest absolute Gasteiger partial charge is 0.305 e. The summed E-state index contributed by atoms with van der Waals surface area (Å²) in [5.41, 5.74) is -0.305. The first-order valence-corrected chi connectivity index (χ1v) is 10.1. The number of cyclic esters (lactones) is 1. The summed E-state index contributed by atoms with van der Waals surface area (Å²) in [5.74, 6) is -1.27. The Bertz CT molecular complexity index is 553. The van der Waals surface area contributed by atoms with Crippen molar-refractivity contribution < 1.29 is 24.2 Å². The lowest BCUT2D eigenvalue weighted by Crippen LogP contribution is -2.49. The molecule has 0 spiro atoms. The zero-order chi connectivity index (χ0) is 21.2. The van der Waals surface area contributed by atoms with Crippen molar-refractivity contribution in [1.29, 1.82) is 0 Å². The largest absolute Gasteiger partial charge is 0.463 e. The molecule has 3 atom stereocenters. The van der Waals surface area contributed by atoms with Crippen LogP contribution in [0.5, 0.6) is 0 Å². The van der Waals surface area contributed by atoms with Crippen molar-refractivity contribution in [2.45, 2.75) is 78.3 Å². The predicted molar refractivity (Wildman–Crippen MR) is 107 cm³/mol. The molecule has 0 aliphatic carbocycles. The zero-order valence-electron chi connectivity index (χ0n) is 17.6. The number of carbonyl (C=O) groups is 3. The predicted octanol–water partition coefficient (Wildman–Crippen LogP) is 2.08. The van der Waals surface area contributed by atoms with E-state index < -0.39 is 5.92 Å². The van der Waals surface area contributed by atoms with Crippen molar-refractivity contribution in [1.82, 2.24) is 10.6 Å². The van der Waals surface area contributed by atoms with Gasteiger partial charge in [-0.1, -0.05) is 32.9 Å². The van der Waals surface area contributed by atoms with E-state index in [-0.39, 0.29) is 54.9 Å². The van der Waals surface area contributed by atoms with Gasteiger partial charge in [0.15, 0.2) is 0 Å². The number of rotatable bonds is 4. The second-order valence-corrected chi connectivity index (χ2v) is 8.62. The van der Waals surface area contributed by atoms with Crippen LogP contribution in [0.25, 0.3) is 0 Å². The molecule has 0 aromatic carbocycles. The van der Waals surface area contributed by atoms with E-state index in [1.54, 1.807) is 6.92 Å². The molecule has 1 aliphatic rings. The van der Waals surface area contributed by atoms with E-state index in [0.29, 0.717) is 12.8 Å². The Morgan fingerprint density at radius 3 is 2.68 bits per heavy atom.